The standard InChI is InChI=1S/C12H22N4O2S/c1-13-11(15-7-12(18)4-5-19-8-12)16-9-2-3-10(17)14-6-9/h9,18H,2-8H2,1H3,(H,14,17)(H2,13,15,16). The Balaban J connectivity index is 1.76. The molecule has 0 aromatic rings. The molecule has 2 atom stereocenters. The van der Waals surface area contributed by atoms with Gasteiger partial charge >= 0.3 is 0 Å². The Hall–Kier alpha value is -0.950. The first-order chi connectivity index (χ1) is 9.11. The molecule has 108 valence electrons. The molecule has 0 aliphatic carbocycles. The number of rotatable bonds is 3. The summed E-state index contributed by atoms with van der Waals surface area (Å²) in [4.78, 5) is 15.2. The van der Waals surface area contributed by atoms with Crippen molar-refractivity contribution in [2.75, 3.05) is 31.6 Å². The zero-order valence-corrected chi connectivity index (χ0v) is 12.1. The van der Waals surface area contributed by atoms with E-state index in [4.69, 9.17) is 0 Å². The van der Waals surface area contributed by atoms with Gasteiger partial charge in [0.05, 0.1) is 5.60 Å². The van der Waals surface area contributed by atoms with Crippen LogP contribution in [0.2, 0.25) is 0 Å². The molecule has 6 nitrogen and oxygen atoms in total. The summed E-state index contributed by atoms with van der Waals surface area (Å²) in [6.45, 7) is 1.14. The van der Waals surface area contributed by atoms with Crippen LogP contribution in [-0.4, -0.2) is 60.3 Å². The summed E-state index contributed by atoms with van der Waals surface area (Å²) in [5.41, 5.74) is -0.622. The molecule has 1 amide bonds. The molecule has 7 heteroatoms. The number of nitrogens with zero attached hydrogens (tertiary/aromatic N) is 1. The molecule has 4 N–H and O–H groups in total. The predicted molar refractivity (Wildman–Crippen MR) is 77.4 cm³/mol. The minimum Gasteiger partial charge on any atom is -0.387 e. The van der Waals surface area contributed by atoms with Crippen LogP contribution in [0.4, 0.5) is 0 Å². The summed E-state index contributed by atoms with van der Waals surface area (Å²) in [6, 6.07) is 0.205. The average molecular weight is 286 g/mol. The summed E-state index contributed by atoms with van der Waals surface area (Å²) in [5, 5.41) is 19.5. The van der Waals surface area contributed by atoms with Crippen molar-refractivity contribution in [3.8, 4) is 0 Å². The monoisotopic (exact) mass is 286 g/mol. The molecule has 2 heterocycles. The molecular formula is C12H22N4O2S. The van der Waals surface area contributed by atoms with Crippen molar-refractivity contribution in [2.24, 2.45) is 4.99 Å². The Labute approximate surface area is 117 Å². The number of guanidine groups is 1. The first kappa shape index (κ1) is 14.5. The molecule has 2 saturated heterocycles. The Morgan fingerprint density at radius 3 is 3.11 bits per heavy atom. The van der Waals surface area contributed by atoms with Crippen molar-refractivity contribution >= 4 is 23.6 Å². The van der Waals surface area contributed by atoms with E-state index >= 15 is 0 Å². The van der Waals surface area contributed by atoms with E-state index in [1.165, 1.54) is 0 Å². The van der Waals surface area contributed by atoms with Gasteiger partial charge < -0.3 is 21.1 Å². The Kier molecular flexibility index (Phi) is 4.93. The van der Waals surface area contributed by atoms with Crippen LogP contribution in [0.1, 0.15) is 19.3 Å². The second-order valence-electron chi connectivity index (χ2n) is 5.14. The topological polar surface area (TPSA) is 85.8 Å². The third kappa shape index (κ3) is 4.28. The number of carbonyl (C=O) groups excluding carboxylic acids is 1. The quantitative estimate of drug-likeness (QED) is 0.407. The fourth-order valence-corrected chi connectivity index (χ4v) is 3.52. The lowest BCUT2D eigenvalue weighted by molar-refractivity contribution is -0.122. The number of thioether (sulfide) groups is 1. The number of carbonyl (C=O) groups is 1. The summed E-state index contributed by atoms with van der Waals surface area (Å²) in [6.07, 6.45) is 2.18. The molecular weight excluding hydrogens is 264 g/mol. The van der Waals surface area contributed by atoms with E-state index < -0.39 is 5.60 Å². The van der Waals surface area contributed by atoms with Gasteiger partial charge in [-0.25, -0.2) is 0 Å². The van der Waals surface area contributed by atoms with Crippen LogP contribution in [-0.2, 0) is 4.79 Å². The number of aliphatic imine (C=N–C) groups is 1. The number of hydrogen-bond acceptors (Lipinski definition) is 4. The molecule has 2 fully saturated rings. The first-order valence-corrected chi connectivity index (χ1v) is 7.81. The van der Waals surface area contributed by atoms with Gasteiger partial charge in [0.1, 0.15) is 0 Å². The highest BCUT2D eigenvalue weighted by molar-refractivity contribution is 7.99. The van der Waals surface area contributed by atoms with E-state index in [1.54, 1.807) is 18.8 Å². The fourth-order valence-electron chi connectivity index (χ4n) is 2.23. The lowest BCUT2D eigenvalue weighted by Crippen LogP contribution is -2.53. The van der Waals surface area contributed by atoms with Crippen LogP contribution in [0.5, 0.6) is 0 Å². The summed E-state index contributed by atoms with van der Waals surface area (Å²) >= 11 is 1.78. The largest absolute Gasteiger partial charge is 0.387 e. The van der Waals surface area contributed by atoms with Gasteiger partial charge in [0.2, 0.25) is 5.91 Å². The van der Waals surface area contributed by atoms with E-state index in [0.717, 1.165) is 24.3 Å². The highest BCUT2D eigenvalue weighted by Gasteiger charge is 2.31. The Morgan fingerprint density at radius 1 is 1.68 bits per heavy atom. The lowest BCUT2D eigenvalue weighted by atomic mass is 10.0. The van der Waals surface area contributed by atoms with E-state index in [2.05, 4.69) is 20.9 Å². The zero-order valence-electron chi connectivity index (χ0n) is 11.2. The third-order valence-electron chi connectivity index (χ3n) is 3.50. The van der Waals surface area contributed by atoms with Crippen LogP contribution in [0.15, 0.2) is 4.99 Å². The van der Waals surface area contributed by atoms with Crippen LogP contribution < -0.4 is 16.0 Å². The highest BCUT2D eigenvalue weighted by atomic mass is 32.2. The van der Waals surface area contributed by atoms with Gasteiger partial charge in [-0.05, 0) is 18.6 Å². The molecule has 2 aliphatic heterocycles. The van der Waals surface area contributed by atoms with Gasteiger partial charge in [0.15, 0.2) is 5.96 Å². The molecule has 0 saturated carbocycles. The third-order valence-corrected chi connectivity index (χ3v) is 4.73. The summed E-state index contributed by atoms with van der Waals surface area (Å²) in [5.74, 6) is 2.58. The maximum Gasteiger partial charge on any atom is 0.220 e. The maximum atomic E-state index is 11.1. The second kappa shape index (κ2) is 6.47. The number of aliphatic hydroxyl groups is 1. The van der Waals surface area contributed by atoms with Crippen molar-refractivity contribution in [3.63, 3.8) is 0 Å². The van der Waals surface area contributed by atoms with Crippen molar-refractivity contribution in [1.29, 1.82) is 0 Å². The molecule has 0 aromatic heterocycles. The minimum atomic E-state index is -0.622. The smallest absolute Gasteiger partial charge is 0.220 e. The maximum absolute atomic E-state index is 11.1. The molecule has 0 radical (unpaired) electrons. The second-order valence-corrected chi connectivity index (χ2v) is 6.24. The molecule has 0 spiro atoms. The fraction of sp³-hybridized carbons (Fsp3) is 0.833. The van der Waals surface area contributed by atoms with Gasteiger partial charge in [-0.1, -0.05) is 0 Å². The van der Waals surface area contributed by atoms with Crippen molar-refractivity contribution in [3.05, 3.63) is 0 Å². The van der Waals surface area contributed by atoms with Gasteiger partial charge in [0.25, 0.3) is 0 Å². The summed E-state index contributed by atoms with van der Waals surface area (Å²) < 4.78 is 0. The van der Waals surface area contributed by atoms with Crippen LogP contribution in [0.3, 0.4) is 0 Å². The van der Waals surface area contributed by atoms with E-state index in [-0.39, 0.29) is 11.9 Å². The molecule has 2 rings (SSSR count). The lowest BCUT2D eigenvalue weighted by Gasteiger charge is -2.27. The molecule has 0 aromatic carbocycles. The van der Waals surface area contributed by atoms with E-state index in [9.17, 15) is 9.90 Å². The van der Waals surface area contributed by atoms with Crippen molar-refractivity contribution in [1.82, 2.24) is 16.0 Å². The van der Waals surface area contributed by atoms with Gasteiger partial charge in [-0.3, -0.25) is 9.79 Å². The average Bonchev–Trinajstić information content (AvgIpc) is 2.84. The van der Waals surface area contributed by atoms with E-state index in [0.29, 0.717) is 25.5 Å². The Bertz CT molecular complexity index is 346. The van der Waals surface area contributed by atoms with Crippen molar-refractivity contribution in [2.45, 2.75) is 30.9 Å². The normalized spacial score (nSPS) is 32.0. The van der Waals surface area contributed by atoms with Crippen LogP contribution in [0.25, 0.3) is 0 Å². The molecule has 2 aliphatic rings. The SMILES string of the molecule is CN=C(NCC1(O)CCSC1)NC1CCC(=O)NC1. The molecule has 2 unspecified atom stereocenters. The Morgan fingerprint density at radius 2 is 2.53 bits per heavy atom. The van der Waals surface area contributed by atoms with E-state index in [1.807, 2.05) is 0 Å². The summed E-state index contributed by atoms with van der Waals surface area (Å²) in [7, 11) is 1.71. The predicted octanol–water partition coefficient (Wildman–Crippen LogP) is -0.702. The molecule has 0 bridgehead atoms. The number of nitrogens with one attached hydrogen (secondary N) is 3. The number of piperidine rings is 1. The van der Waals surface area contributed by atoms with Crippen molar-refractivity contribution < 1.29 is 9.90 Å². The van der Waals surface area contributed by atoms with Crippen LogP contribution in [0, 0.1) is 0 Å². The first-order valence-electron chi connectivity index (χ1n) is 6.65. The van der Waals surface area contributed by atoms with Gasteiger partial charge in [-0.2, -0.15) is 11.8 Å². The van der Waals surface area contributed by atoms with Crippen LogP contribution >= 0.6 is 11.8 Å². The minimum absolute atomic E-state index is 0.110. The zero-order chi connectivity index (χ0) is 13.7. The highest BCUT2D eigenvalue weighted by Crippen LogP contribution is 2.26. The van der Waals surface area contributed by atoms with Gasteiger partial charge in [0, 0.05) is 38.4 Å². The molecule has 19 heavy (non-hydrogen) atoms. The number of hydrogen-bond donors (Lipinski definition) is 4. The van der Waals surface area contributed by atoms with Gasteiger partial charge in [-0.15, -0.1) is 0 Å². The number of amides is 1.